The molecule has 6 nitrogen and oxygen atoms in total. The van der Waals surface area contributed by atoms with Gasteiger partial charge in [-0.05, 0) is 37.5 Å². The molecule has 0 aliphatic carbocycles. The molecule has 2 aromatic rings. The fourth-order valence-corrected chi connectivity index (χ4v) is 3.25. The Bertz CT molecular complexity index is 846. The number of carbonyl (C=O) groups is 1. The molecular formula is C18H19F3N4O2. The van der Waals surface area contributed by atoms with E-state index >= 15 is 0 Å². The Hall–Kier alpha value is -2.84. The van der Waals surface area contributed by atoms with E-state index in [2.05, 4.69) is 15.5 Å². The summed E-state index contributed by atoms with van der Waals surface area (Å²) in [5.74, 6) is -0.188. The lowest BCUT2D eigenvalue weighted by Gasteiger charge is -2.36. The van der Waals surface area contributed by atoms with E-state index in [1.807, 2.05) is 4.90 Å². The van der Waals surface area contributed by atoms with Gasteiger partial charge in [0.05, 0.1) is 11.1 Å². The Kier molecular flexibility index (Phi) is 5.48. The van der Waals surface area contributed by atoms with Crippen LogP contribution >= 0.6 is 0 Å². The first-order valence-corrected chi connectivity index (χ1v) is 8.63. The van der Waals surface area contributed by atoms with E-state index in [0.717, 1.165) is 25.3 Å². The number of nitrogens with one attached hydrogen (secondary N) is 2. The van der Waals surface area contributed by atoms with Crippen LogP contribution in [0.1, 0.15) is 35.2 Å². The molecule has 1 aliphatic rings. The number of amides is 1. The molecular weight excluding hydrogens is 361 g/mol. The Morgan fingerprint density at radius 3 is 2.70 bits per heavy atom. The molecule has 2 heterocycles. The van der Waals surface area contributed by atoms with Gasteiger partial charge >= 0.3 is 6.18 Å². The highest BCUT2D eigenvalue weighted by Crippen LogP contribution is 2.31. The van der Waals surface area contributed by atoms with Crippen molar-refractivity contribution < 1.29 is 18.0 Å². The number of rotatable bonds is 4. The molecule has 1 unspecified atom stereocenters. The predicted octanol–water partition coefficient (Wildman–Crippen LogP) is 2.58. The van der Waals surface area contributed by atoms with Crippen molar-refractivity contribution in [2.75, 3.05) is 18.0 Å². The van der Waals surface area contributed by atoms with Crippen LogP contribution in [0.2, 0.25) is 0 Å². The van der Waals surface area contributed by atoms with Gasteiger partial charge < -0.3 is 10.2 Å². The van der Waals surface area contributed by atoms with Crippen LogP contribution in [-0.4, -0.2) is 35.2 Å². The second-order valence-corrected chi connectivity index (χ2v) is 6.38. The van der Waals surface area contributed by atoms with Crippen LogP contribution in [-0.2, 0) is 6.18 Å². The molecule has 2 N–H and O–H groups in total. The summed E-state index contributed by atoms with van der Waals surface area (Å²) in [6.07, 6.45) is -1.95. The summed E-state index contributed by atoms with van der Waals surface area (Å²) in [4.78, 5) is 25.5. The molecule has 1 aromatic carbocycles. The van der Waals surface area contributed by atoms with Crippen LogP contribution in [0, 0.1) is 0 Å². The lowest BCUT2D eigenvalue weighted by Crippen LogP contribution is -2.47. The van der Waals surface area contributed by atoms with Crippen LogP contribution in [0.4, 0.5) is 19.0 Å². The van der Waals surface area contributed by atoms with Gasteiger partial charge in [-0.15, -0.1) is 0 Å². The first-order valence-electron chi connectivity index (χ1n) is 8.63. The average molecular weight is 380 g/mol. The number of hydrogen-bond acceptors (Lipinski definition) is 4. The van der Waals surface area contributed by atoms with Crippen LogP contribution in [0.3, 0.4) is 0 Å². The summed E-state index contributed by atoms with van der Waals surface area (Å²) >= 11 is 0. The first kappa shape index (κ1) is 18.9. The number of piperidine rings is 1. The van der Waals surface area contributed by atoms with Gasteiger partial charge in [0.1, 0.15) is 5.82 Å². The molecule has 27 heavy (non-hydrogen) atoms. The maximum absolute atomic E-state index is 13.1. The average Bonchev–Trinajstić information content (AvgIpc) is 2.66. The molecule has 1 fully saturated rings. The number of benzene rings is 1. The molecule has 1 atom stereocenters. The molecule has 1 aromatic heterocycles. The van der Waals surface area contributed by atoms with Gasteiger partial charge in [-0.3, -0.25) is 9.59 Å². The summed E-state index contributed by atoms with van der Waals surface area (Å²) < 4.78 is 39.3. The Morgan fingerprint density at radius 1 is 1.22 bits per heavy atom. The number of nitrogens with zero attached hydrogens (tertiary/aromatic N) is 2. The minimum absolute atomic E-state index is 0.112. The number of aromatic amines is 1. The smallest absolute Gasteiger partial charge is 0.350 e. The third kappa shape index (κ3) is 4.47. The van der Waals surface area contributed by atoms with Crippen molar-refractivity contribution in [2.45, 2.75) is 31.5 Å². The van der Waals surface area contributed by atoms with Crippen molar-refractivity contribution in [3.8, 4) is 0 Å². The number of carbonyl (C=O) groups excluding carboxylic acids is 1. The van der Waals surface area contributed by atoms with Gasteiger partial charge in [0.15, 0.2) is 0 Å². The Labute approximate surface area is 153 Å². The standard InChI is InChI=1S/C18H19F3N4O2/c19-18(20,21)14-7-2-1-6-13(14)17(27)22-11-12-5-3-4-10-25(12)15-8-9-16(26)24-23-15/h1-2,6-9,12H,3-5,10-11H2,(H,22,27)(H,24,26). The highest BCUT2D eigenvalue weighted by molar-refractivity contribution is 5.95. The monoisotopic (exact) mass is 380 g/mol. The second kappa shape index (κ2) is 7.81. The van der Waals surface area contributed by atoms with E-state index in [1.165, 1.54) is 24.3 Å². The van der Waals surface area contributed by atoms with Gasteiger partial charge in [-0.25, -0.2) is 5.10 Å². The van der Waals surface area contributed by atoms with Crippen molar-refractivity contribution >= 4 is 11.7 Å². The highest BCUT2D eigenvalue weighted by Gasteiger charge is 2.35. The molecule has 1 amide bonds. The largest absolute Gasteiger partial charge is 0.417 e. The van der Waals surface area contributed by atoms with E-state index in [-0.39, 0.29) is 18.1 Å². The van der Waals surface area contributed by atoms with Crippen molar-refractivity contribution in [1.82, 2.24) is 15.5 Å². The number of H-pyrrole nitrogens is 1. The third-order valence-corrected chi connectivity index (χ3v) is 4.56. The first-order chi connectivity index (χ1) is 12.9. The number of hydrogen-bond donors (Lipinski definition) is 2. The van der Waals surface area contributed by atoms with E-state index in [0.29, 0.717) is 12.4 Å². The molecule has 3 rings (SSSR count). The van der Waals surface area contributed by atoms with Gasteiger partial charge in [-0.1, -0.05) is 12.1 Å². The topological polar surface area (TPSA) is 78.1 Å². The van der Waals surface area contributed by atoms with Gasteiger partial charge in [0.25, 0.3) is 11.5 Å². The molecule has 0 bridgehead atoms. The number of anilines is 1. The molecule has 0 saturated carbocycles. The van der Waals surface area contributed by atoms with Crippen LogP contribution in [0.25, 0.3) is 0 Å². The summed E-state index contributed by atoms with van der Waals surface area (Å²) in [6.45, 7) is 0.880. The minimum Gasteiger partial charge on any atom is -0.350 e. The van der Waals surface area contributed by atoms with Gasteiger partial charge in [0, 0.05) is 25.2 Å². The Morgan fingerprint density at radius 2 is 2.00 bits per heavy atom. The summed E-state index contributed by atoms with van der Waals surface area (Å²) in [5.41, 5.74) is -1.66. The molecule has 0 spiro atoms. The van der Waals surface area contributed by atoms with Crippen molar-refractivity contribution in [1.29, 1.82) is 0 Å². The predicted molar refractivity (Wildman–Crippen MR) is 93.6 cm³/mol. The molecule has 0 radical (unpaired) electrons. The molecule has 1 saturated heterocycles. The van der Waals surface area contributed by atoms with Crippen LogP contribution in [0.5, 0.6) is 0 Å². The normalized spacial score (nSPS) is 17.6. The van der Waals surface area contributed by atoms with E-state index < -0.39 is 23.2 Å². The van der Waals surface area contributed by atoms with Crippen molar-refractivity contribution in [3.63, 3.8) is 0 Å². The third-order valence-electron chi connectivity index (χ3n) is 4.56. The second-order valence-electron chi connectivity index (χ2n) is 6.38. The van der Waals surface area contributed by atoms with E-state index in [1.54, 1.807) is 6.07 Å². The summed E-state index contributed by atoms with van der Waals surface area (Å²) in [5, 5.41) is 9.00. The zero-order chi connectivity index (χ0) is 19.4. The van der Waals surface area contributed by atoms with Crippen molar-refractivity contribution in [3.05, 3.63) is 57.9 Å². The van der Waals surface area contributed by atoms with E-state index in [9.17, 15) is 22.8 Å². The zero-order valence-electron chi connectivity index (χ0n) is 14.4. The molecule has 1 aliphatic heterocycles. The van der Waals surface area contributed by atoms with Gasteiger partial charge in [0.2, 0.25) is 0 Å². The quantitative estimate of drug-likeness (QED) is 0.855. The number of alkyl halides is 3. The van der Waals surface area contributed by atoms with Crippen LogP contribution < -0.4 is 15.8 Å². The fourth-order valence-electron chi connectivity index (χ4n) is 3.25. The summed E-state index contributed by atoms with van der Waals surface area (Å²) in [7, 11) is 0. The fraction of sp³-hybridized carbons (Fsp3) is 0.389. The lowest BCUT2D eigenvalue weighted by molar-refractivity contribution is -0.137. The molecule has 9 heteroatoms. The molecule has 144 valence electrons. The Balaban J connectivity index is 1.72. The zero-order valence-corrected chi connectivity index (χ0v) is 14.4. The van der Waals surface area contributed by atoms with Crippen LogP contribution in [0.15, 0.2) is 41.2 Å². The SMILES string of the molecule is O=C(NCC1CCCCN1c1ccc(=O)[nH]n1)c1ccccc1C(F)(F)F. The maximum atomic E-state index is 13.1. The minimum atomic E-state index is -4.59. The van der Waals surface area contributed by atoms with Gasteiger partial charge in [-0.2, -0.15) is 18.3 Å². The number of aromatic nitrogens is 2. The lowest BCUT2D eigenvalue weighted by atomic mass is 10.0. The highest BCUT2D eigenvalue weighted by atomic mass is 19.4. The van der Waals surface area contributed by atoms with Crippen molar-refractivity contribution in [2.24, 2.45) is 0 Å². The maximum Gasteiger partial charge on any atom is 0.417 e. The number of halogens is 3. The van der Waals surface area contributed by atoms with E-state index in [4.69, 9.17) is 0 Å². The summed E-state index contributed by atoms with van der Waals surface area (Å²) in [6, 6.07) is 7.57.